The lowest BCUT2D eigenvalue weighted by atomic mass is 10.1. The van der Waals surface area contributed by atoms with E-state index >= 15 is 0 Å². The van der Waals surface area contributed by atoms with Gasteiger partial charge in [0.1, 0.15) is 0 Å². The molecule has 1 N–H and O–H groups in total. The van der Waals surface area contributed by atoms with Gasteiger partial charge in [-0.05, 0) is 26.7 Å². The lowest BCUT2D eigenvalue weighted by Gasteiger charge is -2.17. The summed E-state index contributed by atoms with van der Waals surface area (Å²) in [6.07, 6.45) is 0.857. The van der Waals surface area contributed by atoms with E-state index in [9.17, 15) is 16.8 Å². The van der Waals surface area contributed by atoms with Gasteiger partial charge in [0.05, 0.1) is 0 Å². The number of nitrogens with zero attached hydrogens (tertiary/aromatic N) is 3. The lowest BCUT2D eigenvalue weighted by molar-refractivity contribution is 0.486. The fraction of sp³-hybridized carbons (Fsp3) is 0.900. The minimum Gasteiger partial charge on any atom is -0.199 e. The molecule has 0 aliphatic rings. The van der Waals surface area contributed by atoms with Crippen LogP contribution in [0.25, 0.3) is 0 Å². The van der Waals surface area contributed by atoms with Gasteiger partial charge in [0.15, 0.2) is 0 Å². The second-order valence-electron chi connectivity index (χ2n) is 4.93. The van der Waals surface area contributed by atoms with E-state index in [0.717, 1.165) is 8.61 Å². The van der Waals surface area contributed by atoms with Crippen LogP contribution in [0.3, 0.4) is 0 Å². The number of rotatable bonds is 8. The van der Waals surface area contributed by atoms with E-state index in [-0.39, 0.29) is 6.04 Å². The Labute approximate surface area is 122 Å². The normalized spacial score (nSPS) is 15.9. The molecule has 10 heteroatoms. The second-order valence-corrected chi connectivity index (χ2v) is 8.66. The van der Waals surface area contributed by atoms with Crippen molar-refractivity contribution in [1.82, 2.24) is 13.3 Å². The van der Waals surface area contributed by atoms with Gasteiger partial charge in [-0.2, -0.15) is 34.6 Å². The fourth-order valence-corrected chi connectivity index (χ4v) is 2.65. The molecule has 8 nitrogen and oxygen atoms in total. The van der Waals surface area contributed by atoms with E-state index in [0.29, 0.717) is 18.6 Å². The van der Waals surface area contributed by atoms with Crippen molar-refractivity contribution in [2.24, 2.45) is 4.40 Å². The molecule has 1 unspecified atom stereocenters. The number of hydrogen-bond donors (Lipinski definition) is 1. The average molecular weight is 328 g/mol. The molecule has 0 fully saturated rings. The molecule has 0 bridgehead atoms. The Kier molecular flexibility index (Phi) is 7.25. The van der Waals surface area contributed by atoms with Gasteiger partial charge in [0.2, 0.25) is 0 Å². The van der Waals surface area contributed by atoms with Gasteiger partial charge in [-0.15, -0.1) is 0 Å². The van der Waals surface area contributed by atoms with E-state index in [1.165, 1.54) is 28.2 Å². The molecular formula is C10H24N4O4S2. The summed E-state index contributed by atoms with van der Waals surface area (Å²) in [5, 5.41) is 0. The van der Waals surface area contributed by atoms with Gasteiger partial charge in [0.25, 0.3) is 10.2 Å². The molecule has 0 aromatic rings. The third-order valence-electron chi connectivity index (χ3n) is 2.50. The van der Waals surface area contributed by atoms with Crippen molar-refractivity contribution in [1.29, 1.82) is 0 Å². The first-order chi connectivity index (χ1) is 8.88. The molecule has 0 saturated carbocycles. The maximum absolute atomic E-state index is 11.6. The van der Waals surface area contributed by atoms with Gasteiger partial charge in [-0.3, -0.25) is 0 Å². The number of nitrogens with one attached hydrogen (secondary N) is 1. The van der Waals surface area contributed by atoms with Crippen LogP contribution in [0.5, 0.6) is 0 Å². The fourth-order valence-electron chi connectivity index (χ4n) is 1.17. The van der Waals surface area contributed by atoms with Crippen LogP contribution >= 0.6 is 0 Å². The summed E-state index contributed by atoms with van der Waals surface area (Å²) in [6, 6.07) is -0.311. The summed E-state index contributed by atoms with van der Waals surface area (Å²) < 4.78 is 54.4. The van der Waals surface area contributed by atoms with Crippen LogP contribution < -0.4 is 4.72 Å². The van der Waals surface area contributed by atoms with E-state index in [1.807, 2.05) is 0 Å². The van der Waals surface area contributed by atoms with E-state index in [1.54, 1.807) is 13.8 Å². The van der Waals surface area contributed by atoms with Crippen LogP contribution in [-0.4, -0.2) is 65.4 Å². The molecule has 0 saturated heterocycles. The van der Waals surface area contributed by atoms with Crippen molar-refractivity contribution in [3.05, 3.63) is 0 Å². The first-order valence-electron chi connectivity index (χ1n) is 6.06. The predicted octanol–water partition coefficient (Wildman–Crippen LogP) is -0.182. The number of hydrogen-bond acceptors (Lipinski definition) is 4. The van der Waals surface area contributed by atoms with Crippen LogP contribution in [0.2, 0.25) is 0 Å². The van der Waals surface area contributed by atoms with Crippen molar-refractivity contribution in [2.75, 3.05) is 28.2 Å². The molecule has 0 aromatic carbocycles. The summed E-state index contributed by atoms with van der Waals surface area (Å²) in [7, 11) is -1.42. The van der Waals surface area contributed by atoms with Gasteiger partial charge in [-0.25, -0.2) is 0 Å². The SMILES string of the molecule is CC(CCC(C)NS(=O)(=O)N(C)C)=NS(=O)(=O)N(C)C. The third-order valence-corrected chi connectivity index (χ3v) is 5.63. The van der Waals surface area contributed by atoms with Crippen molar-refractivity contribution in [2.45, 2.75) is 32.7 Å². The Morgan fingerprint density at radius 2 is 1.60 bits per heavy atom. The maximum Gasteiger partial charge on any atom is 0.321 e. The molecule has 0 radical (unpaired) electrons. The molecule has 0 heterocycles. The second kappa shape index (κ2) is 7.46. The summed E-state index contributed by atoms with van der Waals surface area (Å²) in [5.74, 6) is 0. The molecule has 120 valence electrons. The third kappa shape index (κ3) is 6.75. The topological polar surface area (TPSA) is 99.1 Å². The molecule has 0 rings (SSSR count). The zero-order chi connectivity index (χ0) is 16.1. The summed E-state index contributed by atoms with van der Waals surface area (Å²) >= 11 is 0. The highest BCUT2D eigenvalue weighted by Crippen LogP contribution is 2.05. The minimum absolute atomic E-state index is 0.311. The largest absolute Gasteiger partial charge is 0.321 e. The molecule has 0 aliphatic carbocycles. The summed E-state index contributed by atoms with van der Waals surface area (Å²) in [5.41, 5.74) is 0.439. The Morgan fingerprint density at radius 1 is 1.10 bits per heavy atom. The first kappa shape index (κ1) is 19.4. The van der Waals surface area contributed by atoms with Crippen LogP contribution in [-0.2, 0) is 20.4 Å². The maximum atomic E-state index is 11.6. The van der Waals surface area contributed by atoms with Gasteiger partial charge in [0, 0.05) is 39.9 Å². The molecule has 20 heavy (non-hydrogen) atoms. The van der Waals surface area contributed by atoms with E-state index in [2.05, 4.69) is 9.12 Å². The van der Waals surface area contributed by atoms with Crippen molar-refractivity contribution >= 4 is 26.1 Å². The van der Waals surface area contributed by atoms with Crippen LogP contribution in [0.15, 0.2) is 4.40 Å². The van der Waals surface area contributed by atoms with Gasteiger partial charge < -0.3 is 0 Å². The van der Waals surface area contributed by atoms with E-state index in [4.69, 9.17) is 0 Å². The summed E-state index contributed by atoms with van der Waals surface area (Å²) in [6.45, 7) is 3.32. The molecule has 0 aromatic heterocycles. The summed E-state index contributed by atoms with van der Waals surface area (Å²) in [4.78, 5) is 0. The Hall–Kier alpha value is -0.550. The zero-order valence-corrected chi connectivity index (χ0v) is 14.4. The molecule has 0 spiro atoms. The average Bonchev–Trinajstić information content (AvgIpc) is 2.24. The Balaban J connectivity index is 4.55. The van der Waals surface area contributed by atoms with Crippen molar-refractivity contribution < 1.29 is 16.8 Å². The lowest BCUT2D eigenvalue weighted by Crippen LogP contribution is -2.40. The van der Waals surface area contributed by atoms with Gasteiger partial charge in [-0.1, -0.05) is 0 Å². The first-order valence-corrected chi connectivity index (χ1v) is 8.90. The highest BCUT2D eigenvalue weighted by molar-refractivity contribution is 7.88. The highest BCUT2D eigenvalue weighted by atomic mass is 32.2. The predicted molar refractivity (Wildman–Crippen MR) is 80.2 cm³/mol. The molecule has 0 amide bonds. The van der Waals surface area contributed by atoms with Crippen LogP contribution in [0.4, 0.5) is 0 Å². The molecule has 1 atom stereocenters. The van der Waals surface area contributed by atoms with E-state index < -0.39 is 20.4 Å². The van der Waals surface area contributed by atoms with Gasteiger partial charge >= 0.3 is 10.2 Å². The minimum atomic E-state index is -3.62. The molecule has 0 aliphatic heterocycles. The van der Waals surface area contributed by atoms with Crippen LogP contribution in [0.1, 0.15) is 26.7 Å². The Morgan fingerprint density at radius 3 is 2.00 bits per heavy atom. The zero-order valence-electron chi connectivity index (χ0n) is 12.8. The Bertz CT molecular complexity index is 538. The smallest absolute Gasteiger partial charge is 0.199 e. The monoisotopic (exact) mass is 328 g/mol. The standard InChI is InChI=1S/C10H24N4O4S2/c1-9(11-19(15,16)13(3)4)7-8-10(2)12-20(17,18)14(5)6/h9,11H,7-8H2,1-6H3. The highest BCUT2D eigenvalue weighted by Gasteiger charge is 2.17. The van der Waals surface area contributed by atoms with Crippen molar-refractivity contribution in [3.63, 3.8) is 0 Å². The molecular weight excluding hydrogens is 304 g/mol. The quantitative estimate of drug-likeness (QED) is 0.625. The van der Waals surface area contributed by atoms with Crippen molar-refractivity contribution in [3.8, 4) is 0 Å². The van der Waals surface area contributed by atoms with Crippen LogP contribution in [0, 0.1) is 0 Å².